The summed E-state index contributed by atoms with van der Waals surface area (Å²) in [4.78, 5) is 18.5. The van der Waals surface area contributed by atoms with E-state index in [0.29, 0.717) is 12.3 Å². The van der Waals surface area contributed by atoms with Crippen LogP contribution in [0.1, 0.15) is 35.0 Å². The maximum absolute atomic E-state index is 12.6. The minimum Gasteiger partial charge on any atom is -0.409 e. The molecule has 0 aliphatic heterocycles. The molecular weight excluding hydrogens is 408 g/mol. The molecule has 0 unspecified atom stereocenters. The number of ether oxygens (including phenoxy) is 1. The molecule has 0 saturated carbocycles. The second-order valence-electron chi connectivity index (χ2n) is 7.79. The van der Waals surface area contributed by atoms with Gasteiger partial charge in [0.25, 0.3) is 0 Å². The number of benzene rings is 1. The van der Waals surface area contributed by atoms with Crippen LogP contribution in [-0.2, 0) is 13.0 Å². The largest absolute Gasteiger partial charge is 0.415 e. The van der Waals surface area contributed by atoms with Gasteiger partial charge < -0.3 is 25.2 Å². The number of rotatable bonds is 9. The van der Waals surface area contributed by atoms with E-state index in [0.717, 1.165) is 29.1 Å². The van der Waals surface area contributed by atoms with Crippen LogP contribution < -0.4 is 10.1 Å². The van der Waals surface area contributed by atoms with E-state index in [2.05, 4.69) is 42.3 Å². The summed E-state index contributed by atoms with van der Waals surface area (Å²) in [5.41, 5.74) is 7.11. The van der Waals surface area contributed by atoms with Crippen molar-refractivity contribution in [3.8, 4) is 5.75 Å². The molecule has 0 saturated heterocycles. The number of nitrogens with one attached hydrogen (secondary N) is 1. The summed E-state index contributed by atoms with van der Waals surface area (Å²) >= 11 is 0. The van der Waals surface area contributed by atoms with Gasteiger partial charge in [0.15, 0.2) is 11.4 Å². The van der Waals surface area contributed by atoms with E-state index in [9.17, 15) is 15.0 Å². The van der Waals surface area contributed by atoms with Crippen molar-refractivity contribution in [3.05, 3.63) is 58.5 Å². The van der Waals surface area contributed by atoms with Gasteiger partial charge in [-0.2, -0.15) is 0 Å². The number of aliphatic hydroxyl groups excluding tert-OH is 2. The van der Waals surface area contributed by atoms with E-state index in [1.54, 1.807) is 12.3 Å². The van der Waals surface area contributed by atoms with E-state index in [1.807, 2.05) is 18.2 Å². The van der Waals surface area contributed by atoms with Crippen LogP contribution in [0.25, 0.3) is 5.65 Å². The fraction of sp³-hybridized carbons (Fsp3) is 0.417. The Morgan fingerprint density at radius 1 is 1.19 bits per heavy atom. The number of hydrogen-bond donors (Lipinski definition) is 3. The third-order valence-corrected chi connectivity index (χ3v) is 5.72. The Morgan fingerprint density at radius 2 is 1.91 bits per heavy atom. The molecule has 3 N–H and O–H groups in total. The lowest BCUT2D eigenvalue weighted by molar-refractivity contribution is 0.125. The number of imidazole rings is 1. The first-order valence-electron chi connectivity index (χ1n) is 10.9. The van der Waals surface area contributed by atoms with E-state index >= 15 is 0 Å². The average molecular weight is 441 g/mol. The van der Waals surface area contributed by atoms with E-state index in [-0.39, 0.29) is 26.3 Å². The number of carbonyl (C=O) groups is 1. The second-order valence-corrected chi connectivity index (χ2v) is 7.79. The molecule has 0 spiro atoms. The molecule has 3 rings (SSSR count). The van der Waals surface area contributed by atoms with Crippen LogP contribution >= 0.6 is 0 Å². The topological polar surface area (TPSA) is 99.3 Å². The highest BCUT2D eigenvalue weighted by atomic mass is 16.6. The normalized spacial score (nSPS) is 11.1. The first-order chi connectivity index (χ1) is 15.4. The SMILES string of the molecule is CCc1cccc(C)c1CNc1cc(OC(=O)N(CCO)CCO)cn2c(C)c(C)nc12. The molecule has 1 amide bonds. The van der Waals surface area contributed by atoms with Gasteiger partial charge in [0, 0.05) is 31.4 Å². The van der Waals surface area contributed by atoms with Gasteiger partial charge >= 0.3 is 6.09 Å². The zero-order chi connectivity index (χ0) is 23.3. The number of nitrogens with zero attached hydrogens (tertiary/aromatic N) is 3. The van der Waals surface area contributed by atoms with Crippen molar-refractivity contribution in [2.75, 3.05) is 31.6 Å². The number of amides is 1. The molecule has 0 atom stereocenters. The number of fused-ring (bicyclic) bond motifs is 1. The summed E-state index contributed by atoms with van der Waals surface area (Å²) in [5.74, 6) is 0.354. The molecule has 2 aromatic heterocycles. The van der Waals surface area contributed by atoms with Gasteiger partial charge in [-0.1, -0.05) is 25.1 Å². The molecule has 0 fully saturated rings. The summed E-state index contributed by atoms with van der Waals surface area (Å²) < 4.78 is 7.50. The lowest BCUT2D eigenvalue weighted by atomic mass is 10.00. The van der Waals surface area contributed by atoms with Gasteiger partial charge in [-0.15, -0.1) is 0 Å². The Bertz CT molecular complexity index is 1090. The molecule has 0 radical (unpaired) electrons. The Balaban J connectivity index is 1.94. The smallest absolute Gasteiger partial charge is 0.409 e. The third-order valence-electron chi connectivity index (χ3n) is 5.72. The summed E-state index contributed by atoms with van der Waals surface area (Å²) in [7, 11) is 0. The van der Waals surface area contributed by atoms with Crippen LogP contribution in [0, 0.1) is 20.8 Å². The van der Waals surface area contributed by atoms with Crippen LogP contribution in [0.2, 0.25) is 0 Å². The average Bonchev–Trinajstić information content (AvgIpc) is 3.06. The van der Waals surface area contributed by atoms with Crippen LogP contribution in [0.5, 0.6) is 5.75 Å². The van der Waals surface area contributed by atoms with Crippen molar-refractivity contribution in [2.45, 2.75) is 40.7 Å². The zero-order valence-corrected chi connectivity index (χ0v) is 19.2. The van der Waals surface area contributed by atoms with E-state index in [4.69, 9.17) is 4.74 Å². The first kappa shape index (κ1) is 23.6. The molecular formula is C24H32N4O4. The minimum absolute atomic E-state index is 0.0863. The van der Waals surface area contributed by atoms with Crippen molar-refractivity contribution in [3.63, 3.8) is 0 Å². The molecule has 0 aliphatic rings. The van der Waals surface area contributed by atoms with Crippen molar-refractivity contribution in [2.24, 2.45) is 0 Å². The number of aryl methyl sites for hydroxylation is 4. The van der Waals surface area contributed by atoms with Gasteiger partial charge in [0.1, 0.15) is 0 Å². The first-order valence-corrected chi connectivity index (χ1v) is 10.9. The molecule has 1 aromatic carbocycles. The molecule has 8 heteroatoms. The van der Waals surface area contributed by atoms with Gasteiger partial charge in [0.05, 0.1) is 30.8 Å². The summed E-state index contributed by atoms with van der Waals surface area (Å²) in [6, 6.07) is 8.07. The molecule has 8 nitrogen and oxygen atoms in total. The zero-order valence-electron chi connectivity index (χ0n) is 19.2. The molecule has 32 heavy (non-hydrogen) atoms. The molecule has 2 heterocycles. The standard InChI is InChI=1S/C24H32N4O4/c1-5-19-8-6-7-16(2)21(19)14-25-22-13-20(15-28-18(4)17(3)26-23(22)28)32-24(31)27(9-11-29)10-12-30/h6-8,13,15,25,29-30H,5,9-12,14H2,1-4H3. The van der Waals surface area contributed by atoms with E-state index in [1.165, 1.54) is 21.6 Å². The molecule has 172 valence electrons. The minimum atomic E-state index is -0.625. The van der Waals surface area contributed by atoms with Gasteiger partial charge in [-0.25, -0.2) is 9.78 Å². The Morgan fingerprint density at radius 3 is 2.56 bits per heavy atom. The van der Waals surface area contributed by atoms with Crippen molar-refractivity contribution in [1.82, 2.24) is 14.3 Å². The number of anilines is 1. The predicted octanol–water partition coefficient (Wildman–Crippen LogP) is 3.22. The van der Waals surface area contributed by atoms with Crippen molar-refractivity contribution < 1.29 is 19.7 Å². The highest BCUT2D eigenvalue weighted by Crippen LogP contribution is 2.27. The number of aromatic nitrogens is 2. The van der Waals surface area contributed by atoms with Crippen LogP contribution in [-0.4, -0.2) is 56.9 Å². The Labute approximate surface area is 188 Å². The number of pyridine rings is 1. The van der Waals surface area contributed by atoms with Crippen molar-refractivity contribution >= 4 is 17.4 Å². The molecule has 0 aliphatic carbocycles. The number of carbonyl (C=O) groups excluding carboxylic acids is 1. The summed E-state index contributed by atoms with van der Waals surface area (Å²) in [6.07, 6.45) is 2.05. The lowest BCUT2D eigenvalue weighted by Gasteiger charge is -2.20. The van der Waals surface area contributed by atoms with E-state index < -0.39 is 6.09 Å². The second kappa shape index (κ2) is 10.5. The highest BCUT2D eigenvalue weighted by molar-refractivity contribution is 5.74. The molecule has 0 bridgehead atoms. The maximum atomic E-state index is 12.6. The Hall–Kier alpha value is -3.10. The fourth-order valence-electron chi connectivity index (χ4n) is 3.76. The monoisotopic (exact) mass is 440 g/mol. The fourth-order valence-corrected chi connectivity index (χ4v) is 3.76. The molecule has 3 aromatic rings. The van der Waals surface area contributed by atoms with Gasteiger partial charge in [0.2, 0.25) is 0 Å². The van der Waals surface area contributed by atoms with Crippen LogP contribution in [0.15, 0.2) is 30.5 Å². The Kier molecular flexibility index (Phi) is 7.71. The third kappa shape index (κ3) is 5.03. The summed E-state index contributed by atoms with van der Waals surface area (Å²) in [5, 5.41) is 21.9. The highest BCUT2D eigenvalue weighted by Gasteiger charge is 2.18. The maximum Gasteiger partial charge on any atom is 0.415 e. The predicted molar refractivity (Wildman–Crippen MR) is 124 cm³/mol. The quantitative estimate of drug-likeness (QED) is 0.473. The number of hydrogen-bond acceptors (Lipinski definition) is 6. The van der Waals surface area contributed by atoms with Gasteiger partial charge in [-0.3, -0.25) is 4.40 Å². The van der Waals surface area contributed by atoms with Gasteiger partial charge in [-0.05, 0) is 43.9 Å². The lowest BCUT2D eigenvalue weighted by Crippen LogP contribution is -2.37. The van der Waals surface area contributed by atoms with Crippen LogP contribution in [0.3, 0.4) is 0 Å². The summed E-state index contributed by atoms with van der Waals surface area (Å²) in [6.45, 7) is 8.52. The number of aliphatic hydroxyl groups is 2. The van der Waals surface area contributed by atoms with Crippen molar-refractivity contribution in [1.29, 1.82) is 0 Å². The van der Waals surface area contributed by atoms with Crippen LogP contribution in [0.4, 0.5) is 10.5 Å².